The van der Waals surface area contributed by atoms with E-state index in [-0.39, 0.29) is 0 Å². The number of primary amides is 1. The summed E-state index contributed by atoms with van der Waals surface area (Å²) in [5.74, 6) is 1.67. The predicted octanol–water partition coefficient (Wildman–Crippen LogP) is 3.40. The van der Waals surface area contributed by atoms with Gasteiger partial charge in [-0.1, -0.05) is 23.7 Å². The molecular weight excluding hydrogens is 434 g/mol. The molecule has 1 aromatic heterocycles. The Bertz CT molecular complexity index is 1240. The van der Waals surface area contributed by atoms with Gasteiger partial charge < -0.3 is 25.3 Å². The van der Waals surface area contributed by atoms with E-state index in [9.17, 15) is 4.79 Å². The van der Waals surface area contributed by atoms with Gasteiger partial charge in [-0.2, -0.15) is 4.98 Å². The first-order valence-corrected chi connectivity index (χ1v) is 10.1. The molecule has 0 bridgehead atoms. The Morgan fingerprint density at radius 3 is 2.38 bits per heavy atom. The van der Waals surface area contributed by atoms with E-state index in [0.29, 0.717) is 56.4 Å². The number of aromatic nitrogens is 3. The molecule has 0 radical (unpaired) electrons. The van der Waals surface area contributed by atoms with Crippen LogP contribution in [-0.2, 0) is 4.79 Å². The van der Waals surface area contributed by atoms with Gasteiger partial charge >= 0.3 is 0 Å². The Hall–Kier alpha value is -3.72. The SMILES string of the molecule is COc1cc(OC)c(C2C(C(N)=O)=C(C)Nc3nc(-c4ccccc4Cl)nn32)cc1OC. The number of nitrogens with two attached hydrogens (primary N) is 1. The summed E-state index contributed by atoms with van der Waals surface area (Å²) >= 11 is 6.36. The van der Waals surface area contributed by atoms with Crippen LogP contribution >= 0.6 is 11.6 Å². The van der Waals surface area contributed by atoms with Crippen molar-refractivity contribution in [3.05, 3.63) is 58.3 Å². The number of nitrogens with zero attached hydrogens (tertiary/aromatic N) is 3. The largest absolute Gasteiger partial charge is 0.496 e. The molecule has 1 unspecified atom stereocenters. The molecule has 9 nitrogen and oxygen atoms in total. The Morgan fingerprint density at radius 2 is 1.75 bits per heavy atom. The zero-order valence-corrected chi connectivity index (χ0v) is 18.7. The van der Waals surface area contributed by atoms with Crippen LogP contribution in [0.15, 0.2) is 47.7 Å². The van der Waals surface area contributed by atoms with Gasteiger partial charge in [-0.25, -0.2) is 4.68 Å². The number of hydrogen-bond donors (Lipinski definition) is 2. The average Bonchev–Trinajstić information content (AvgIpc) is 3.20. The number of rotatable bonds is 6. The molecule has 10 heteroatoms. The average molecular weight is 456 g/mol. The number of hydrogen-bond acceptors (Lipinski definition) is 7. The number of benzene rings is 2. The predicted molar refractivity (Wildman–Crippen MR) is 120 cm³/mol. The lowest BCUT2D eigenvalue weighted by atomic mass is 9.94. The van der Waals surface area contributed by atoms with Gasteiger partial charge in [-0.15, -0.1) is 5.10 Å². The molecule has 32 heavy (non-hydrogen) atoms. The third-order valence-electron chi connectivity index (χ3n) is 5.26. The summed E-state index contributed by atoms with van der Waals surface area (Å²) in [5.41, 5.74) is 7.93. The van der Waals surface area contributed by atoms with Crippen LogP contribution in [0.4, 0.5) is 5.95 Å². The van der Waals surface area contributed by atoms with Crippen LogP contribution in [0.2, 0.25) is 5.02 Å². The maximum Gasteiger partial charge on any atom is 0.248 e. The van der Waals surface area contributed by atoms with Crippen LogP contribution in [0.3, 0.4) is 0 Å². The molecule has 0 spiro atoms. The number of halogens is 1. The van der Waals surface area contributed by atoms with E-state index in [1.54, 1.807) is 29.8 Å². The van der Waals surface area contributed by atoms with Gasteiger partial charge in [0.2, 0.25) is 11.9 Å². The minimum Gasteiger partial charge on any atom is -0.496 e. The lowest BCUT2D eigenvalue weighted by molar-refractivity contribution is -0.115. The number of methoxy groups -OCH3 is 3. The topological polar surface area (TPSA) is 114 Å². The lowest BCUT2D eigenvalue weighted by Gasteiger charge is -2.29. The summed E-state index contributed by atoms with van der Waals surface area (Å²) in [4.78, 5) is 17.1. The Labute approximate surface area is 189 Å². The van der Waals surface area contributed by atoms with Crippen molar-refractivity contribution < 1.29 is 19.0 Å². The fraction of sp³-hybridized carbons (Fsp3) is 0.227. The second-order valence-electron chi connectivity index (χ2n) is 7.06. The number of ether oxygens (including phenoxy) is 3. The van der Waals surface area contributed by atoms with Gasteiger partial charge in [0.25, 0.3) is 0 Å². The van der Waals surface area contributed by atoms with Crippen LogP contribution in [0, 0.1) is 0 Å². The first-order chi connectivity index (χ1) is 15.4. The minimum atomic E-state index is -0.720. The van der Waals surface area contributed by atoms with Gasteiger partial charge in [0.15, 0.2) is 17.3 Å². The second kappa shape index (κ2) is 8.43. The highest BCUT2D eigenvalue weighted by Crippen LogP contribution is 2.44. The number of carbonyl (C=O) groups is 1. The van der Waals surface area contributed by atoms with Crippen molar-refractivity contribution >= 4 is 23.5 Å². The molecule has 3 aromatic rings. The summed E-state index contributed by atoms with van der Waals surface area (Å²) in [6, 6.07) is 9.97. The molecular formula is C22H22ClN5O4. The molecule has 3 N–H and O–H groups in total. The maximum absolute atomic E-state index is 12.5. The smallest absolute Gasteiger partial charge is 0.248 e. The van der Waals surface area contributed by atoms with E-state index < -0.39 is 11.9 Å². The van der Waals surface area contributed by atoms with Gasteiger partial charge in [-0.05, 0) is 25.1 Å². The molecule has 2 heterocycles. The number of allylic oxidation sites excluding steroid dienone is 1. The standard InChI is InChI=1S/C22H22ClN5O4/c1-11-18(20(24)29)19(13-9-16(31-3)17(32-4)10-15(13)30-2)28-22(25-11)26-21(27-28)12-7-5-6-8-14(12)23/h5-10,19H,1-4H3,(H2,24,29)(H,25,26,27). The fourth-order valence-electron chi connectivity index (χ4n) is 3.78. The molecule has 0 aliphatic carbocycles. The van der Waals surface area contributed by atoms with Gasteiger partial charge in [-0.3, -0.25) is 4.79 Å². The van der Waals surface area contributed by atoms with Crippen molar-refractivity contribution in [3.8, 4) is 28.6 Å². The van der Waals surface area contributed by atoms with Gasteiger partial charge in [0, 0.05) is 22.9 Å². The van der Waals surface area contributed by atoms with Crippen LogP contribution in [0.1, 0.15) is 18.5 Å². The highest BCUT2D eigenvalue weighted by Gasteiger charge is 2.36. The molecule has 2 aromatic carbocycles. The Balaban J connectivity index is 1.97. The quantitative estimate of drug-likeness (QED) is 0.585. The number of nitrogens with one attached hydrogen (secondary N) is 1. The fourth-order valence-corrected chi connectivity index (χ4v) is 4.00. The van der Waals surface area contributed by atoms with E-state index in [1.165, 1.54) is 21.3 Å². The van der Waals surface area contributed by atoms with E-state index in [1.807, 2.05) is 18.2 Å². The molecule has 0 fully saturated rings. The summed E-state index contributed by atoms with van der Waals surface area (Å²) in [6.07, 6.45) is 0. The molecule has 1 aliphatic heterocycles. The van der Waals surface area contributed by atoms with Crippen LogP contribution in [-0.4, -0.2) is 42.0 Å². The number of carbonyl (C=O) groups excluding carboxylic acids is 1. The first kappa shape index (κ1) is 21.5. The zero-order chi connectivity index (χ0) is 23.0. The van der Waals surface area contributed by atoms with Crippen LogP contribution in [0.25, 0.3) is 11.4 Å². The van der Waals surface area contributed by atoms with Crippen molar-refractivity contribution in [2.75, 3.05) is 26.6 Å². The van der Waals surface area contributed by atoms with E-state index >= 15 is 0 Å². The molecule has 0 saturated heterocycles. The van der Waals surface area contributed by atoms with Crippen molar-refractivity contribution in [1.82, 2.24) is 14.8 Å². The highest BCUT2D eigenvalue weighted by molar-refractivity contribution is 6.33. The Morgan fingerprint density at radius 1 is 1.09 bits per heavy atom. The summed E-state index contributed by atoms with van der Waals surface area (Å²) in [6.45, 7) is 1.76. The maximum atomic E-state index is 12.5. The monoisotopic (exact) mass is 455 g/mol. The highest BCUT2D eigenvalue weighted by atomic mass is 35.5. The van der Waals surface area contributed by atoms with Crippen LogP contribution < -0.4 is 25.3 Å². The van der Waals surface area contributed by atoms with Gasteiger partial charge in [0.1, 0.15) is 11.8 Å². The summed E-state index contributed by atoms with van der Waals surface area (Å²) < 4.78 is 18.1. The lowest BCUT2D eigenvalue weighted by Crippen LogP contribution is -2.32. The molecule has 4 rings (SSSR count). The number of anilines is 1. The summed E-state index contributed by atoms with van der Waals surface area (Å²) in [7, 11) is 4.60. The normalized spacial score (nSPS) is 15.1. The second-order valence-corrected chi connectivity index (χ2v) is 7.47. The third kappa shape index (κ3) is 3.50. The van der Waals surface area contributed by atoms with Gasteiger partial charge in [0.05, 0.1) is 31.9 Å². The Kier molecular flexibility index (Phi) is 5.67. The van der Waals surface area contributed by atoms with E-state index in [2.05, 4.69) is 15.4 Å². The van der Waals surface area contributed by atoms with Crippen molar-refractivity contribution in [2.45, 2.75) is 13.0 Å². The van der Waals surface area contributed by atoms with Crippen molar-refractivity contribution in [2.24, 2.45) is 5.73 Å². The molecule has 0 saturated carbocycles. The molecule has 1 amide bonds. The first-order valence-electron chi connectivity index (χ1n) is 9.68. The third-order valence-corrected chi connectivity index (χ3v) is 5.59. The molecule has 166 valence electrons. The zero-order valence-electron chi connectivity index (χ0n) is 18.0. The van der Waals surface area contributed by atoms with Crippen molar-refractivity contribution in [1.29, 1.82) is 0 Å². The summed E-state index contributed by atoms with van der Waals surface area (Å²) in [5, 5.41) is 8.30. The van der Waals surface area contributed by atoms with Crippen LogP contribution in [0.5, 0.6) is 17.2 Å². The number of amides is 1. The van der Waals surface area contributed by atoms with Crippen molar-refractivity contribution in [3.63, 3.8) is 0 Å². The molecule has 1 aliphatic rings. The van der Waals surface area contributed by atoms with E-state index in [4.69, 9.17) is 31.5 Å². The van der Waals surface area contributed by atoms with E-state index in [0.717, 1.165) is 0 Å². The minimum absolute atomic E-state index is 0.318. The molecule has 1 atom stereocenters. The number of fused-ring (bicyclic) bond motifs is 1.